The van der Waals surface area contributed by atoms with Gasteiger partial charge in [0, 0.05) is 49.5 Å². The highest BCUT2D eigenvalue weighted by molar-refractivity contribution is 5.88. The van der Waals surface area contributed by atoms with Crippen LogP contribution < -0.4 is 5.32 Å². The van der Waals surface area contributed by atoms with Crippen molar-refractivity contribution in [2.45, 2.75) is 177 Å². The van der Waals surface area contributed by atoms with E-state index in [0.717, 1.165) is 88.2 Å². The summed E-state index contributed by atoms with van der Waals surface area (Å²) in [4.78, 5) is 28.0. The van der Waals surface area contributed by atoms with Gasteiger partial charge in [0.05, 0.1) is 23.2 Å². The molecule has 8 aliphatic carbocycles. The van der Waals surface area contributed by atoms with E-state index in [-0.39, 0.29) is 42.5 Å². The summed E-state index contributed by atoms with van der Waals surface area (Å²) in [6.07, 6.45) is 17.7. The monoisotopic (exact) mass is 822 g/mol. The average molecular weight is 822 g/mol. The van der Waals surface area contributed by atoms with Crippen molar-refractivity contribution >= 4 is 12.3 Å². The first-order valence-electron chi connectivity index (χ1n) is 24.2. The number of aliphatic hydroxyl groups excluding tert-OH is 2. The quantitative estimate of drug-likeness (QED) is 0.0566. The lowest BCUT2D eigenvalue weighted by molar-refractivity contribution is -0.379. The summed E-state index contributed by atoms with van der Waals surface area (Å²) < 4.78 is 11.7. The molecule has 7 fully saturated rings. The number of methoxy groups -OCH3 is 1. The van der Waals surface area contributed by atoms with Crippen LogP contribution in [0.1, 0.15) is 142 Å². The number of aliphatic hydroxyl groups is 5. The number of nitrogens with one attached hydrogen (secondary N) is 1. The number of unbranched alkanes of at least 4 members (excludes halogenated alkanes) is 2. The van der Waals surface area contributed by atoms with Crippen molar-refractivity contribution in [1.82, 2.24) is 5.32 Å². The second-order valence-corrected chi connectivity index (χ2v) is 21.6. The molecular formula is C49H75NO9. The maximum Gasteiger partial charge on any atom is 0.332 e. The van der Waals surface area contributed by atoms with Gasteiger partial charge in [0.2, 0.25) is 0 Å². The molecule has 0 aromatic heterocycles. The van der Waals surface area contributed by atoms with E-state index in [9.17, 15) is 35.1 Å². The van der Waals surface area contributed by atoms with Crippen molar-refractivity contribution < 1.29 is 44.6 Å². The zero-order valence-electron chi connectivity index (χ0n) is 36.2. The number of rotatable bonds is 13. The number of carbonyl (C=O) groups is 2. The van der Waals surface area contributed by atoms with Crippen molar-refractivity contribution in [3.8, 4) is 0 Å². The third-order valence-corrected chi connectivity index (χ3v) is 19.7. The van der Waals surface area contributed by atoms with Gasteiger partial charge >= 0.3 is 5.97 Å². The molecule has 9 aliphatic rings. The van der Waals surface area contributed by atoms with Crippen molar-refractivity contribution in [3.05, 3.63) is 23.3 Å². The molecule has 330 valence electrons. The maximum atomic E-state index is 14.5. The highest BCUT2D eigenvalue weighted by Gasteiger charge is 2.86. The van der Waals surface area contributed by atoms with Crippen LogP contribution in [0.15, 0.2) is 23.3 Å². The third kappa shape index (κ3) is 5.73. The standard InChI is InChI=1S/C49H75NO9/c1-4-5-6-14-33-26-45(29-51)39-17-20-44-18-9-10-19-46-35(28-50-21-11-22-58-3)23-34(41(44)37(46)25-40(52)59-46)27-47(44,55)49(39,57)43(54)38-24-32(30(2)31-12-7-8-13-31)15-16-36(42(33)53)48(38,45)56/h23,25,29-34,36,38-39,41-43,50,53-57H,4-22,24,26-28H2,1-3H3/t30-,32-,33+,34+,36+,38-,39+,41+,42-,43-,44+,45-,46+,47+,48+,49+/m0/s1. The predicted octanol–water partition coefficient (Wildman–Crippen LogP) is 5.95. The molecule has 10 heteroatoms. The summed E-state index contributed by atoms with van der Waals surface area (Å²) in [5.74, 6) is -2.55. The molecule has 7 saturated carbocycles. The minimum atomic E-state index is -2.12. The molecular weight excluding hydrogens is 747 g/mol. The Kier molecular flexibility index (Phi) is 11.2. The van der Waals surface area contributed by atoms with Crippen LogP contribution >= 0.6 is 0 Å². The Morgan fingerprint density at radius 1 is 0.932 bits per heavy atom. The SMILES string of the molecule is CCCCC[C@@H]1C[C@]2(C=O)[C@H]3CC[C@]45CCCC[C@]67OC(=O)C=C6[C@H]4[C@H](C=C7CNCCCOC)C[C@]5(O)[C@]3(O)[C@@H](O)[C@@H]3C[C@@H]([C@@H](C)C4CCCC4)CC[C@H]([C@H]1O)[C@@]32O. The van der Waals surface area contributed by atoms with E-state index in [2.05, 4.69) is 25.2 Å². The molecule has 10 nitrogen and oxygen atoms in total. The molecule has 9 rings (SSSR count). The van der Waals surface area contributed by atoms with Gasteiger partial charge in [-0.15, -0.1) is 0 Å². The van der Waals surface area contributed by atoms with E-state index in [4.69, 9.17) is 9.47 Å². The first-order chi connectivity index (χ1) is 28.3. The van der Waals surface area contributed by atoms with Crippen molar-refractivity contribution in [3.63, 3.8) is 0 Å². The Bertz CT molecular complexity index is 1680. The zero-order chi connectivity index (χ0) is 41.6. The minimum absolute atomic E-state index is 0.136. The lowest BCUT2D eigenvalue weighted by atomic mass is 9.34. The third-order valence-electron chi connectivity index (χ3n) is 19.7. The Hall–Kier alpha value is -1.66. The fourth-order valence-electron chi connectivity index (χ4n) is 17.1. The molecule has 0 unspecified atom stereocenters. The van der Waals surface area contributed by atoms with Gasteiger partial charge in [-0.2, -0.15) is 0 Å². The molecule has 1 aliphatic heterocycles. The molecule has 0 aromatic rings. The number of esters is 1. The summed E-state index contributed by atoms with van der Waals surface area (Å²) in [5, 5.41) is 71.4. The molecule has 0 radical (unpaired) electrons. The fourth-order valence-corrected chi connectivity index (χ4v) is 17.1. The second-order valence-electron chi connectivity index (χ2n) is 21.6. The van der Waals surface area contributed by atoms with E-state index in [0.29, 0.717) is 63.5 Å². The molecule has 6 N–H and O–H groups in total. The first kappa shape index (κ1) is 42.6. The van der Waals surface area contributed by atoms with Gasteiger partial charge in [-0.05, 0) is 130 Å². The molecule has 2 bridgehead atoms. The van der Waals surface area contributed by atoms with Gasteiger partial charge in [-0.25, -0.2) is 4.79 Å². The summed E-state index contributed by atoms with van der Waals surface area (Å²) in [6.45, 7) is 6.37. The Labute approximate surface area is 352 Å². The summed E-state index contributed by atoms with van der Waals surface area (Å²) in [5.41, 5.74) is -7.06. The highest BCUT2D eigenvalue weighted by Crippen LogP contribution is 2.78. The molecule has 0 aromatic carbocycles. The highest BCUT2D eigenvalue weighted by atomic mass is 16.6. The number of ether oxygens (including phenoxy) is 2. The van der Waals surface area contributed by atoms with Gasteiger partial charge in [0.15, 0.2) is 5.60 Å². The van der Waals surface area contributed by atoms with Crippen LogP contribution in [0, 0.1) is 64.1 Å². The van der Waals surface area contributed by atoms with Crippen LogP contribution in [0.4, 0.5) is 0 Å². The van der Waals surface area contributed by atoms with Gasteiger partial charge in [0.25, 0.3) is 0 Å². The number of allylic oxidation sites excluding steroid dienone is 1. The van der Waals surface area contributed by atoms with Gasteiger partial charge < -0.3 is 45.1 Å². The van der Waals surface area contributed by atoms with Crippen molar-refractivity contribution in [2.24, 2.45) is 64.1 Å². The van der Waals surface area contributed by atoms with E-state index < -0.39 is 63.2 Å². The van der Waals surface area contributed by atoms with E-state index in [1.165, 1.54) is 12.8 Å². The van der Waals surface area contributed by atoms with Gasteiger partial charge in [-0.3, -0.25) is 0 Å². The molecule has 0 saturated heterocycles. The van der Waals surface area contributed by atoms with Crippen LogP contribution in [-0.2, 0) is 19.1 Å². The second kappa shape index (κ2) is 15.5. The lowest BCUT2D eigenvalue weighted by Crippen LogP contribution is -2.86. The number of hydrogen-bond donors (Lipinski definition) is 6. The van der Waals surface area contributed by atoms with Crippen LogP contribution in [0.5, 0.6) is 0 Å². The summed E-state index contributed by atoms with van der Waals surface area (Å²) in [7, 11) is 1.69. The number of hydrogen-bond acceptors (Lipinski definition) is 10. The first-order valence-corrected chi connectivity index (χ1v) is 24.2. The maximum absolute atomic E-state index is 14.5. The Morgan fingerprint density at radius 2 is 1.71 bits per heavy atom. The van der Waals surface area contributed by atoms with Crippen LogP contribution in [-0.4, -0.2) is 99.2 Å². The lowest BCUT2D eigenvalue weighted by Gasteiger charge is -2.74. The largest absolute Gasteiger partial charge is 0.447 e. The number of aldehydes is 1. The molecule has 0 amide bonds. The Balaban J connectivity index is 1.18. The van der Waals surface area contributed by atoms with E-state index in [1.807, 2.05) is 0 Å². The molecule has 1 heterocycles. The summed E-state index contributed by atoms with van der Waals surface area (Å²) >= 11 is 0. The van der Waals surface area contributed by atoms with Crippen molar-refractivity contribution in [2.75, 3.05) is 26.8 Å². The van der Waals surface area contributed by atoms with Crippen LogP contribution in [0.3, 0.4) is 0 Å². The smallest absolute Gasteiger partial charge is 0.332 e. The van der Waals surface area contributed by atoms with E-state index in [1.54, 1.807) is 13.2 Å². The average Bonchev–Trinajstić information content (AvgIpc) is 3.90. The molecule has 1 spiro atoms. The number of fused-ring (bicyclic) bond motifs is 3. The minimum Gasteiger partial charge on any atom is -0.447 e. The predicted molar refractivity (Wildman–Crippen MR) is 223 cm³/mol. The van der Waals surface area contributed by atoms with Gasteiger partial charge in [-0.1, -0.05) is 71.3 Å². The topological polar surface area (TPSA) is 166 Å². The van der Waals surface area contributed by atoms with Crippen molar-refractivity contribution in [1.29, 1.82) is 0 Å². The Morgan fingerprint density at radius 3 is 2.46 bits per heavy atom. The van der Waals surface area contributed by atoms with Gasteiger partial charge in [0.1, 0.15) is 17.5 Å². The summed E-state index contributed by atoms with van der Waals surface area (Å²) in [6, 6.07) is 0. The number of carbonyl (C=O) groups excluding carboxylic acids is 2. The van der Waals surface area contributed by atoms with Crippen LogP contribution in [0.2, 0.25) is 0 Å². The fraction of sp³-hybridized carbons (Fsp3) is 0.878. The molecule has 16 atom stereocenters. The van der Waals surface area contributed by atoms with E-state index >= 15 is 0 Å². The molecule has 59 heavy (non-hydrogen) atoms. The zero-order valence-corrected chi connectivity index (χ0v) is 36.2. The normalized spacial score (nSPS) is 49.2. The van der Waals surface area contributed by atoms with Crippen LogP contribution in [0.25, 0.3) is 0 Å².